The average molecular weight is 463 g/mol. The lowest BCUT2D eigenvalue weighted by Gasteiger charge is -2.35. The van der Waals surface area contributed by atoms with Crippen LogP contribution in [0.5, 0.6) is 5.75 Å². The van der Waals surface area contributed by atoms with Crippen LogP contribution in [0.25, 0.3) is 0 Å². The van der Waals surface area contributed by atoms with Crippen LogP contribution in [0.1, 0.15) is 32.1 Å². The maximum absolute atomic E-state index is 12.7. The Labute approximate surface area is 191 Å². The van der Waals surface area contributed by atoms with E-state index in [4.69, 9.17) is 16.3 Å². The first-order chi connectivity index (χ1) is 15.4. The Kier molecular flexibility index (Phi) is 6.55. The number of imide groups is 1. The quantitative estimate of drug-likeness (QED) is 0.648. The van der Waals surface area contributed by atoms with E-state index >= 15 is 0 Å². The molecule has 0 radical (unpaired) electrons. The van der Waals surface area contributed by atoms with Crippen molar-refractivity contribution in [3.05, 3.63) is 29.3 Å². The van der Waals surface area contributed by atoms with Crippen molar-refractivity contribution in [1.29, 1.82) is 0 Å². The maximum Gasteiger partial charge on any atom is 0.325 e. The molecule has 2 saturated heterocycles. The van der Waals surface area contributed by atoms with Gasteiger partial charge in [0.05, 0.1) is 0 Å². The molecule has 0 atom stereocenters. The minimum atomic E-state index is -0.750. The molecule has 0 bridgehead atoms. The summed E-state index contributed by atoms with van der Waals surface area (Å²) >= 11 is 5.84. The van der Waals surface area contributed by atoms with Gasteiger partial charge < -0.3 is 19.9 Å². The molecule has 1 spiro atoms. The monoisotopic (exact) mass is 462 g/mol. The van der Waals surface area contributed by atoms with Gasteiger partial charge in [0, 0.05) is 44.2 Å². The molecule has 2 heterocycles. The van der Waals surface area contributed by atoms with Gasteiger partial charge in [-0.25, -0.2) is 4.79 Å². The standard InChI is InChI=1S/C22H27ClN4O5/c23-16-3-5-17(6-4-16)32-15-19(29)26-13-11-25(12-14-26)18(28)7-10-27-20(30)22(24-21(27)31)8-1-2-9-22/h3-6H,1-2,7-15H2,(H,24,31). The van der Waals surface area contributed by atoms with E-state index in [0.29, 0.717) is 49.8 Å². The molecule has 32 heavy (non-hydrogen) atoms. The zero-order valence-electron chi connectivity index (χ0n) is 17.8. The van der Waals surface area contributed by atoms with Gasteiger partial charge in [0.2, 0.25) is 5.91 Å². The van der Waals surface area contributed by atoms with E-state index in [2.05, 4.69) is 5.32 Å². The summed E-state index contributed by atoms with van der Waals surface area (Å²) in [4.78, 5) is 54.4. The number of benzene rings is 1. The second-order valence-corrected chi connectivity index (χ2v) is 8.87. The van der Waals surface area contributed by atoms with Gasteiger partial charge in [0.1, 0.15) is 11.3 Å². The van der Waals surface area contributed by atoms with Crippen molar-refractivity contribution in [3.63, 3.8) is 0 Å². The van der Waals surface area contributed by atoms with Crippen LogP contribution in [-0.4, -0.2) is 83.3 Å². The number of amides is 5. The van der Waals surface area contributed by atoms with Crippen molar-refractivity contribution in [3.8, 4) is 5.75 Å². The highest BCUT2D eigenvalue weighted by Gasteiger charge is 2.52. The molecular weight excluding hydrogens is 436 g/mol. The molecule has 0 aromatic heterocycles. The molecule has 4 rings (SSSR count). The van der Waals surface area contributed by atoms with E-state index in [1.165, 1.54) is 4.90 Å². The van der Waals surface area contributed by atoms with Crippen molar-refractivity contribution in [2.24, 2.45) is 0 Å². The zero-order valence-corrected chi connectivity index (χ0v) is 18.6. The third-order valence-electron chi connectivity index (χ3n) is 6.41. The summed E-state index contributed by atoms with van der Waals surface area (Å²) in [7, 11) is 0. The summed E-state index contributed by atoms with van der Waals surface area (Å²) in [6.07, 6.45) is 3.27. The molecule has 1 saturated carbocycles. The van der Waals surface area contributed by atoms with Gasteiger partial charge in [-0.1, -0.05) is 24.4 Å². The highest BCUT2D eigenvalue weighted by Crippen LogP contribution is 2.35. The topological polar surface area (TPSA) is 99.3 Å². The zero-order chi connectivity index (χ0) is 22.7. The Morgan fingerprint density at radius 3 is 2.19 bits per heavy atom. The maximum atomic E-state index is 12.7. The number of halogens is 1. The number of carbonyl (C=O) groups excluding carboxylic acids is 4. The lowest BCUT2D eigenvalue weighted by molar-refractivity contribution is -0.141. The van der Waals surface area contributed by atoms with Crippen molar-refractivity contribution in [1.82, 2.24) is 20.0 Å². The molecular formula is C22H27ClN4O5. The lowest BCUT2D eigenvalue weighted by atomic mass is 9.98. The van der Waals surface area contributed by atoms with E-state index in [0.717, 1.165) is 12.8 Å². The summed E-state index contributed by atoms with van der Waals surface area (Å²) in [6.45, 7) is 1.66. The second-order valence-electron chi connectivity index (χ2n) is 8.43. The first kappa shape index (κ1) is 22.4. The molecule has 2 aliphatic heterocycles. The molecule has 3 fully saturated rings. The Morgan fingerprint density at radius 1 is 0.969 bits per heavy atom. The predicted octanol–water partition coefficient (Wildman–Crippen LogP) is 1.64. The molecule has 5 amide bonds. The molecule has 3 aliphatic rings. The first-order valence-corrected chi connectivity index (χ1v) is 11.3. The Morgan fingerprint density at radius 2 is 1.56 bits per heavy atom. The highest BCUT2D eigenvalue weighted by molar-refractivity contribution is 6.30. The van der Waals surface area contributed by atoms with Crippen LogP contribution in [0.15, 0.2) is 24.3 Å². The minimum Gasteiger partial charge on any atom is -0.484 e. The number of piperazine rings is 1. The molecule has 9 nitrogen and oxygen atoms in total. The molecule has 1 aliphatic carbocycles. The fraction of sp³-hybridized carbons (Fsp3) is 0.545. The van der Waals surface area contributed by atoms with Gasteiger partial charge in [-0.05, 0) is 37.1 Å². The summed E-state index contributed by atoms with van der Waals surface area (Å²) in [6, 6.07) is 6.39. The second kappa shape index (κ2) is 9.36. The van der Waals surface area contributed by atoms with Crippen molar-refractivity contribution >= 4 is 35.4 Å². The van der Waals surface area contributed by atoms with Gasteiger partial charge in [-0.15, -0.1) is 0 Å². The number of urea groups is 1. The van der Waals surface area contributed by atoms with E-state index in [9.17, 15) is 19.2 Å². The summed E-state index contributed by atoms with van der Waals surface area (Å²) in [5, 5.41) is 3.42. The minimum absolute atomic E-state index is 0.0798. The van der Waals surface area contributed by atoms with Crippen molar-refractivity contribution in [2.45, 2.75) is 37.6 Å². The fourth-order valence-electron chi connectivity index (χ4n) is 4.53. The normalized spacial score (nSPS) is 20.1. The molecule has 1 aromatic carbocycles. The van der Waals surface area contributed by atoms with Crippen molar-refractivity contribution in [2.75, 3.05) is 39.3 Å². The summed E-state index contributed by atoms with van der Waals surface area (Å²) < 4.78 is 5.50. The van der Waals surface area contributed by atoms with E-state index in [-0.39, 0.29) is 37.3 Å². The summed E-state index contributed by atoms with van der Waals surface area (Å²) in [5.41, 5.74) is -0.750. The van der Waals surface area contributed by atoms with E-state index < -0.39 is 11.6 Å². The molecule has 1 N–H and O–H groups in total. The predicted molar refractivity (Wildman–Crippen MR) is 116 cm³/mol. The SMILES string of the molecule is O=C(CCN1C(=O)NC2(CCCC2)C1=O)N1CCN(C(=O)COc2ccc(Cl)cc2)CC1. The van der Waals surface area contributed by atoms with Crippen LogP contribution in [0.2, 0.25) is 5.02 Å². The number of ether oxygens (including phenoxy) is 1. The van der Waals surface area contributed by atoms with Crippen LogP contribution in [0.4, 0.5) is 4.79 Å². The Hall–Kier alpha value is -2.81. The number of hydrogen-bond acceptors (Lipinski definition) is 5. The molecule has 0 unspecified atom stereocenters. The number of hydrogen-bond donors (Lipinski definition) is 1. The summed E-state index contributed by atoms with van der Waals surface area (Å²) in [5.74, 6) is 0.0936. The van der Waals surface area contributed by atoms with Gasteiger partial charge in [-0.3, -0.25) is 19.3 Å². The molecule has 1 aromatic rings. The Bertz CT molecular complexity index is 892. The number of nitrogens with zero attached hydrogens (tertiary/aromatic N) is 3. The van der Waals surface area contributed by atoms with Gasteiger partial charge in [-0.2, -0.15) is 0 Å². The van der Waals surface area contributed by atoms with E-state index in [1.54, 1.807) is 34.1 Å². The van der Waals surface area contributed by atoms with Gasteiger partial charge >= 0.3 is 6.03 Å². The van der Waals surface area contributed by atoms with Crippen molar-refractivity contribution < 1.29 is 23.9 Å². The third-order valence-corrected chi connectivity index (χ3v) is 6.67. The largest absolute Gasteiger partial charge is 0.484 e. The average Bonchev–Trinajstić information content (AvgIpc) is 3.36. The highest BCUT2D eigenvalue weighted by atomic mass is 35.5. The number of nitrogens with one attached hydrogen (secondary N) is 1. The molecule has 172 valence electrons. The van der Waals surface area contributed by atoms with Crippen LogP contribution in [0.3, 0.4) is 0 Å². The number of carbonyl (C=O) groups is 4. The van der Waals surface area contributed by atoms with Crippen LogP contribution < -0.4 is 10.1 Å². The third kappa shape index (κ3) is 4.67. The van der Waals surface area contributed by atoms with Crippen LogP contribution >= 0.6 is 11.6 Å². The van der Waals surface area contributed by atoms with Crippen LogP contribution in [-0.2, 0) is 14.4 Å². The lowest BCUT2D eigenvalue weighted by Crippen LogP contribution is -2.52. The Balaban J connectivity index is 1.20. The first-order valence-electron chi connectivity index (χ1n) is 11.0. The van der Waals surface area contributed by atoms with E-state index in [1.807, 2.05) is 0 Å². The van der Waals surface area contributed by atoms with Crippen LogP contribution in [0, 0.1) is 0 Å². The fourth-order valence-corrected chi connectivity index (χ4v) is 4.66. The van der Waals surface area contributed by atoms with Gasteiger partial charge in [0.25, 0.3) is 11.8 Å². The smallest absolute Gasteiger partial charge is 0.325 e. The number of rotatable bonds is 6. The van der Waals surface area contributed by atoms with Gasteiger partial charge in [0.15, 0.2) is 6.61 Å². The molecule has 10 heteroatoms.